The number of aliphatic hydroxyl groups is 1. The maximum Gasteiger partial charge on any atom is 0.253 e. The Kier molecular flexibility index (Phi) is 3.92. The van der Waals surface area contributed by atoms with Crippen LogP contribution in [0, 0.1) is 0 Å². The summed E-state index contributed by atoms with van der Waals surface area (Å²) in [5.41, 5.74) is 2.02. The van der Waals surface area contributed by atoms with Crippen LogP contribution in [0.2, 0.25) is 0 Å². The number of benzene rings is 1. The zero-order valence-electron chi connectivity index (χ0n) is 11.8. The summed E-state index contributed by atoms with van der Waals surface area (Å²) < 4.78 is 5.35. The van der Waals surface area contributed by atoms with Gasteiger partial charge in [-0.3, -0.25) is 4.79 Å². The van der Waals surface area contributed by atoms with E-state index in [0.29, 0.717) is 31.9 Å². The van der Waals surface area contributed by atoms with E-state index in [9.17, 15) is 9.90 Å². The van der Waals surface area contributed by atoms with Crippen molar-refractivity contribution in [3.05, 3.63) is 34.9 Å². The zero-order valence-corrected chi connectivity index (χ0v) is 11.8. The van der Waals surface area contributed by atoms with Crippen molar-refractivity contribution >= 4 is 5.91 Å². The minimum Gasteiger partial charge on any atom is -0.389 e. The summed E-state index contributed by atoms with van der Waals surface area (Å²) in [5.74, 6) is -0.0423. The highest BCUT2D eigenvalue weighted by Gasteiger charge is 2.23. The number of carbonyl (C=O) groups is 1. The Morgan fingerprint density at radius 2 is 2.05 bits per heavy atom. The fourth-order valence-electron chi connectivity index (χ4n) is 2.28. The predicted molar refractivity (Wildman–Crippen MR) is 72.8 cm³/mol. The van der Waals surface area contributed by atoms with Crippen LogP contribution in [0.1, 0.15) is 42.3 Å². The van der Waals surface area contributed by atoms with Crippen LogP contribution in [0.5, 0.6) is 0 Å². The summed E-state index contributed by atoms with van der Waals surface area (Å²) in [6.45, 7) is 7.45. The van der Waals surface area contributed by atoms with Gasteiger partial charge in [-0.25, -0.2) is 0 Å². The van der Waals surface area contributed by atoms with Crippen LogP contribution in [0.25, 0.3) is 0 Å². The van der Waals surface area contributed by atoms with Gasteiger partial charge in [-0.15, -0.1) is 0 Å². The van der Waals surface area contributed by atoms with Gasteiger partial charge < -0.3 is 14.7 Å². The number of nitrogens with zero attached hydrogens (tertiary/aromatic N) is 1. The van der Waals surface area contributed by atoms with E-state index < -0.39 is 5.60 Å². The van der Waals surface area contributed by atoms with Crippen LogP contribution < -0.4 is 0 Å². The van der Waals surface area contributed by atoms with Gasteiger partial charge in [0, 0.05) is 18.7 Å². The molecule has 4 heteroatoms. The molecule has 1 aliphatic rings. The summed E-state index contributed by atoms with van der Waals surface area (Å²) >= 11 is 0. The number of ether oxygens (including phenoxy) is 1. The van der Waals surface area contributed by atoms with E-state index in [1.165, 1.54) is 0 Å². The molecule has 1 aromatic rings. The summed E-state index contributed by atoms with van der Waals surface area (Å²) in [6, 6.07) is 5.69. The van der Waals surface area contributed by atoms with E-state index in [2.05, 4.69) is 0 Å². The molecule has 1 aliphatic heterocycles. The molecule has 19 heavy (non-hydrogen) atoms. The van der Waals surface area contributed by atoms with Gasteiger partial charge in [-0.1, -0.05) is 6.07 Å². The van der Waals surface area contributed by atoms with Gasteiger partial charge in [0.15, 0.2) is 0 Å². The normalized spacial score (nSPS) is 14.3. The first-order valence-electron chi connectivity index (χ1n) is 6.62. The monoisotopic (exact) mass is 263 g/mol. The number of hydrogen-bond donors (Lipinski definition) is 1. The highest BCUT2D eigenvalue weighted by Crippen LogP contribution is 2.22. The SMILES string of the molecule is CCN(CC(C)(C)O)C(=O)c1ccc2c(c1)COC2. The number of rotatable bonds is 4. The summed E-state index contributed by atoms with van der Waals surface area (Å²) in [4.78, 5) is 14.1. The average Bonchev–Trinajstić information content (AvgIpc) is 2.81. The molecule has 4 nitrogen and oxygen atoms in total. The Balaban J connectivity index is 2.18. The lowest BCUT2D eigenvalue weighted by atomic mass is 10.0. The smallest absolute Gasteiger partial charge is 0.253 e. The van der Waals surface area contributed by atoms with E-state index in [0.717, 1.165) is 11.1 Å². The van der Waals surface area contributed by atoms with Crippen molar-refractivity contribution in [2.75, 3.05) is 13.1 Å². The Morgan fingerprint density at radius 3 is 2.68 bits per heavy atom. The lowest BCUT2D eigenvalue weighted by molar-refractivity contribution is 0.0314. The molecule has 0 atom stereocenters. The molecule has 0 fully saturated rings. The van der Waals surface area contributed by atoms with Crippen LogP contribution >= 0.6 is 0 Å². The number of likely N-dealkylation sites (N-methyl/N-ethyl adjacent to an activating group) is 1. The molecule has 0 spiro atoms. The zero-order chi connectivity index (χ0) is 14.0. The molecule has 0 unspecified atom stereocenters. The van der Waals surface area contributed by atoms with E-state index in [-0.39, 0.29) is 5.91 Å². The van der Waals surface area contributed by atoms with Gasteiger partial charge >= 0.3 is 0 Å². The summed E-state index contributed by atoms with van der Waals surface area (Å²) in [6.07, 6.45) is 0. The fraction of sp³-hybridized carbons (Fsp3) is 0.533. The topological polar surface area (TPSA) is 49.8 Å². The Bertz CT molecular complexity index is 477. The van der Waals surface area contributed by atoms with E-state index >= 15 is 0 Å². The molecule has 104 valence electrons. The molecule has 0 saturated carbocycles. The summed E-state index contributed by atoms with van der Waals surface area (Å²) in [7, 11) is 0. The molecule has 1 aromatic carbocycles. The Morgan fingerprint density at radius 1 is 1.37 bits per heavy atom. The molecule has 0 radical (unpaired) electrons. The first kappa shape index (κ1) is 14.0. The Hall–Kier alpha value is -1.39. The number of amides is 1. The first-order chi connectivity index (χ1) is 8.90. The molecule has 1 heterocycles. The molecular formula is C15H21NO3. The van der Waals surface area contributed by atoms with Crippen molar-refractivity contribution in [3.8, 4) is 0 Å². The van der Waals surface area contributed by atoms with Gasteiger partial charge in [0.2, 0.25) is 0 Å². The average molecular weight is 263 g/mol. The Labute approximate surface area is 114 Å². The fourth-order valence-corrected chi connectivity index (χ4v) is 2.28. The lowest BCUT2D eigenvalue weighted by Gasteiger charge is -2.28. The van der Waals surface area contributed by atoms with Gasteiger partial charge in [-0.2, -0.15) is 0 Å². The van der Waals surface area contributed by atoms with Crippen molar-refractivity contribution in [1.29, 1.82) is 0 Å². The molecular weight excluding hydrogens is 242 g/mol. The molecule has 0 saturated heterocycles. The van der Waals surface area contributed by atoms with Crippen LogP contribution in [0.4, 0.5) is 0 Å². The second-order valence-electron chi connectivity index (χ2n) is 5.61. The van der Waals surface area contributed by atoms with Gasteiger partial charge in [-0.05, 0) is 44.0 Å². The number of fused-ring (bicyclic) bond motifs is 1. The van der Waals surface area contributed by atoms with Gasteiger partial charge in [0.05, 0.1) is 18.8 Å². The van der Waals surface area contributed by atoms with Gasteiger partial charge in [0.1, 0.15) is 0 Å². The molecule has 0 aromatic heterocycles. The lowest BCUT2D eigenvalue weighted by Crippen LogP contribution is -2.42. The maximum atomic E-state index is 12.4. The molecule has 1 amide bonds. The number of carbonyl (C=O) groups excluding carboxylic acids is 1. The van der Waals surface area contributed by atoms with Crippen molar-refractivity contribution in [3.63, 3.8) is 0 Å². The van der Waals surface area contributed by atoms with E-state index in [1.54, 1.807) is 18.7 Å². The minimum absolute atomic E-state index is 0.0423. The summed E-state index contributed by atoms with van der Waals surface area (Å²) in [5, 5.41) is 9.86. The predicted octanol–water partition coefficient (Wildman–Crippen LogP) is 1.95. The van der Waals surface area contributed by atoms with Crippen LogP contribution in [0.3, 0.4) is 0 Å². The van der Waals surface area contributed by atoms with Crippen molar-refractivity contribution in [2.45, 2.75) is 39.6 Å². The third kappa shape index (κ3) is 3.33. The van der Waals surface area contributed by atoms with Crippen LogP contribution in [-0.2, 0) is 18.0 Å². The largest absolute Gasteiger partial charge is 0.389 e. The molecule has 0 aliphatic carbocycles. The standard InChI is InChI=1S/C15H21NO3/c1-4-16(10-15(2,3)18)14(17)11-5-6-12-8-19-9-13(12)7-11/h5-7,18H,4,8-10H2,1-3H3. The second kappa shape index (κ2) is 5.31. The number of hydrogen-bond acceptors (Lipinski definition) is 3. The van der Waals surface area contributed by atoms with E-state index in [4.69, 9.17) is 4.74 Å². The molecule has 0 bridgehead atoms. The van der Waals surface area contributed by atoms with Crippen LogP contribution in [0.15, 0.2) is 18.2 Å². The van der Waals surface area contributed by atoms with Crippen molar-refractivity contribution < 1.29 is 14.6 Å². The first-order valence-corrected chi connectivity index (χ1v) is 6.62. The second-order valence-corrected chi connectivity index (χ2v) is 5.61. The van der Waals surface area contributed by atoms with Crippen molar-refractivity contribution in [2.24, 2.45) is 0 Å². The van der Waals surface area contributed by atoms with Crippen molar-refractivity contribution in [1.82, 2.24) is 4.90 Å². The van der Waals surface area contributed by atoms with Crippen LogP contribution in [-0.4, -0.2) is 34.6 Å². The highest BCUT2D eigenvalue weighted by atomic mass is 16.5. The molecule has 2 rings (SSSR count). The van der Waals surface area contributed by atoms with E-state index in [1.807, 2.05) is 25.1 Å². The third-order valence-corrected chi connectivity index (χ3v) is 3.22. The minimum atomic E-state index is -0.883. The quantitative estimate of drug-likeness (QED) is 0.903. The third-order valence-electron chi connectivity index (χ3n) is 3.22. The molecule has 1 N–H and O–H groups in total. The van der Waals surface area contributed by atoms with Gasteiger partial charge in [0.25, 0.3) is 5.91 Å². The maximum absolute atomic E-state index is 12.4. The highest BCUT2D eigenvalue weighted by molar-refractivity contribution is 5.94.